The number of carbonyl (C=O) groups is 1. The number of hydrogen-bond donors (Lipinski definition) is 0. The molecule has 0 spiro atoms. The van der Waals surface area contributed by atoms with E-state index in [0.29, 0.717) is 5.56 Å². The van der Waals surface area contributed by atoms with Crippen LogP contribution in [0.4, 0.5) is 0 Å². The van der Waals surface area contributed by atoms with Gasteiger partial charge in [0.15, 0.2) is 0 Å². The maximum Gasteiger partial charge on any atom is 0.347 e. The predicted octanol–water partition coefficient (Wildman–Crippen LogP) is 4.57. The zero-order valence-corrected chi connectivity index (χ0v) is 14.5. The SMILES string of the molecule is CO[C](C(=O)OCC1c2ccccc2-c2ccccc21)c1ccccc1. The van der Waals surface area contributed by atoms with Gasteiger partial charge in [-0.1, -0.05) is 78.9 Å². The van der Waals surface area contributed by atoms with Crippen LogP contribution in [-0.2, 0) is 14.3 Å². The third-order valence-electron chi connectivity index (χ3n) is 4.77. The number of methoxy groups -OCH3 is 1. The van der Waals surface area contributed by atoms with E-state index in [1.165, 1.54) is 29.4 Å². The quantitative estimate of drug-likeness (QED) is 0.637. The zero-order chi connectivity index (χ0) is 17.9. The predicted molar refractivity (Wildman–Crippen MR) is 100 cm³/mol. The minimum absolute atomic E-state index is 0.0419. The van der Waals surface area contributed by atoms with E-state index >= 15 is 0 Å². The molecule has 4 rings (SSSR count). The average Bonchev–Trinajstić information content (AvgIpc) is 3.02. The molecule has 1 radical (unpaired) electrons. The molecule has 3 nitrogen and oxygen atoms in total. The molecule has 0 amide bonds. The first-order chi connectivity index (χ1) is 12.8. The fourth-order valence-corrected chi connectivity index (χ4v) is 3.57. The molecule has 0 saturated carbocycles. The Morgan fingerprint density at radius 3 is 1.92 bits per heavy atom. The van der Waals surface area contributed by atoms with Crippen LogP contribution in [0.3, 0.4) is 0 Å². The van der Waals surface area contributed by atoms with Crippen molar-refractivity contribution in [3.8, 4) is 11.1 Å². The molecular formula is C23H19O3. The number of ether oxygens (including phenoxy) is 2. The van der Waals surface area contributed by atoms with Crippen LogP contribution in [0, 0.1) is 6.10 Å². The van der Waals surface area contributed by atoms with Crippen molar-refractivity contribution in [2.24, 2.45) is 0 Å². The third-order valence-corrected chi connectivity index (χ3v) is 4.77. The van der Waals surface area contributed by atoms with Gasteiger partial charge in [0, 0.05) is 13.0 Å². The van der Waals surface area contributed by atoms with Crippen molar-refractivity contribution in [2.75, 3.05) is 13.7 Å². The first-order valence-corrected chi connectivity index (χ1v) is 8.61. The molecule has 1 aliphatic carbocycles. The molecular weight excluding hydrogens is 324 g/mol. The molecule has 129 valence electrons. The summed E-state index contributed by atoms with van der Waals surface area (Å²) in [5, 5.41) is 0. The Labute approximate surface area is 153 Å². The van der Waals surface area contributed by atoms with Crippen molar-refractivity contribution in [3.63, 3.8) is 0 Å². The van der Waals surface area contributed by atoms with Crippen LogP contribution in [0.2, 0.25) is 0 Å². The van der Waals surface area contributed by atoms with Gasteiger partial charge >= 0.3 is 5.97 Å². The summed E-state index contributed by atoms with van der Waals surface area (Å²) < 4.78 is 10.9. The molecule has 1 aliphatic rings. The van der Waals surface area contributed by atoms with Crippen molar-refractivity contribution in [2.45, 2.75) is 5.92 Å². The Hall–Kier alpha value is -2.91. The summed E-state index contributed by atoms with van der Waals surface area (Å²) in [6.45, 7) is 0.284. The standard InChI is InChI=1S/C23H19O3/c1-25-22(16-9-3-2-4-10-16)23(24)26-15-21-19-13-7-5-11-17(19)18-12-6-8-14-20(18)21/h2-14,21H,15H2,1H3. The van der Waals surface area contributed by atoms with Crippen molar-refractivity contribution < 1.29 is 14.3 Å². The summed E-state index contributed by atoms with van der Waals surface area (Å²) in [7, 11) is 1.49. The highest BCUT2D eigenvalue weighted by Gasteiger charge is 2.31. The van der Waals surface area contributed by atoms with Gasteiger partial charge in [-0.25, -0.2) is 4.79 Å². The van der Waals surface area contributed by atoms with Gasteiger partial charge in [0.2, 0.25) is 6.10 Å². The van der Waals surface area contributed by atoms with E-state index in [1.54, 1.807) is 0 Å². The smallest absolute Gasteiger partial charge is 0.347 e. The third kappa shape index (κ3) is 2.91. The minimum Gasteiger partial charge on any atom is -0.462 e. The maximum atomic E-state index is 12.6. The van der Waals surface area contributed by atoms with E-state index in [4.69, 9.17) is 9.47 Å². The molecule has 0 unspecified atom stereocenters. The summed E-state index contributed by atoms with van der Waals surface area (Å²) in [4.78, 5) is 12.6. The van der Waals surface area contributed by atoms with Gasteiger partial charge in [0.25, 0.3) is 0 Å². The van der Waals surface area contributed by atoms with Crippen LogP contribution in [0.1, 0.15) is 22.6 Å². The summed E-state index contributed by atoms with van der Waals surface area (Å²) in [6, 6.07) is 25.9. The molecule has 0 heterocycles. The first kappa shape index (κ1) is 16.6. The normalized spacial score (nSPS) is 12.7. The fourth-order valence-electron chi connectivity index (χ4n) is 3.57. The van der Waals surface area contributed by atoms with E-state index in [1.807, 2.05) is 54.6 Å². The van der Waals surface area contributed by atoms with Gasteiger partial charge in [-0.05, 0) is 27.8 Å². The highest BCUT2D eigenvalue weighted by atomic mass is 16.6. The molecule has 0 saturated heterocycles. The number of rotatable bonds is 5. The van der Waals surface area contributed by atoms with Gasteiger partial charge in [0.1, 0.15) is 6.61 Å². The van der Waals surface area contributed by atoms with Gasteiger partial charge in [-0.2, -0.15) is 0 Å². The second-order valence-corrected chi connectivity index (χ2v) is 6.22. The highest BCUT2D eigenvalue weighted by molar-refractivity contribution is 5.87. The number of benzene rings is 3. The average molecular weight is 343 g/mol. The lowest BCUT2D eigenvalue weighted by atomic mass is 9.98. The van der Waals surface area contributed by atoms with Gasteiger partial charge in [0.05, 0.1) is 0 Å². The zero-order valence-electron chi connectivity index (χ0n) is 14.5. The minimum atomic E-state index is -0.444. The van der Waals surface area contributed by atoms with Gasteiger partial charge in [-0.3, -0.25) is 0 Å². The summed E-state index contributed by atoms with van der Waals surface area (Å²) in [5.41, 5.74) is 5.53. The first-order valence-electron chi connectivity index (χ1n) is 8.61. The molecule has 3 aromatic carbocycles. The number of hydrogen-bond acceptors (Lipinski definition) is 3. The van der Waals surface area contributed by atoms with E-state index < -0.39 is 5.97 Å². The number of carbonyl (C=O) groups excluding carboxylic acids is 1. The van der Waals surface area contributed by atoms with E-state index in [-0.39, 0.29) is 18.6 Å². The van der Waals surface area contributed by atoms with Gasteiger partial charge in [-0.15, -0.1) is 0 Å². The van der Waals surface area contributed by atoms with Crippen LogP contribution < -0.4 is 0 Å². The van der Waals surface area contributed by atoms with Crippen LogP contribution in [0.5, 0.6) is 0 Å². The van der Waals surface area contributed by atoms with Crippen molar-refractivity contribution in [1.29, 1.82) is 0 Å². The van der Waals surface area contributed by atoms with Crippen LogP contribution in [-0.4, -0.2) is 19.7 Å². The van der Waals surface area contributed by atoms with Crippen LogP contribution in [0.15, 0.2) is 78.9 Å². The topological polar surface area (TPSA) is 35.5 Å². The lowest BCUT2D eigenvalue weighted by molar-refractivity contribution is -0.146. The Morgan fingerprint density at radius 1 is 0.808 bits per heavy atom. The van der Waals surface area contributed by atoms with E-state index in [2.05, 4.69) is 24.3 Å². The largest absolute Gasteiger partial charge is 0.462 e. The lowest BCUT2D eigenvalue weighted by Crippen LogP contribution is -2.21. The molecule has 3 heteroatoms. The second-order valence-electron chi connectivity index (χ2n) is 6.22. The van der Waals surface area contributed by atoms with Gasteiger partial charge < -0.3 is 9.47 Å². The lowest BCUT2D eigenvalue weighted by Gasteiger charge is -2.17. The van der Waals surface area contributed by atoms with Crippen LogP contribution >= 0.6 is 0 Å². The van der Waals surface area contributed by atoms with Crippen molar-refractivity contribution >= 4 is 5.97 Å². The number of fused-ring (bicyclic) bond motifs is 3. The Morgan fingerprint density at radius 2 is 1.35 bits per heavy atom. The Bertz CT molecular complexity index is 872. The Balaban J connectivity index is 1.55. The summed E-state index contributed by atoms with van der Waals surface area (Å²) >= 11 is 0. The monoisotopic (exact) mass is 343 g/mol. The molecule has 0 N–H and O–H groups in total. The van der Waals surface area contributed by atoms with E-state index in [9.17, 15) is 4.79 Å². The highest BCUT2D eigenvalue weighted by Crippen LogP contribution is 2.44. The molecule has 0 atom stereocenters. The van der Waals surface area contributed by atoms with Crippen molar-refractivity contribution in [1.82, 2.24) is 0 Å². The molecule has 0 fully saturated rings. The molecule has 0 aromatic heterocycles. The van der Waals surface area contributed by atoms with Crippen LogP contribution in [0.25, 0.3) is 11.1 Å². The fraction of sp³-hybridized carbons (Fsp3) is 0.130. The molecule has 0 bridgehead atoms. The van der Waals surface area contributed by atoms with Crippen molar-refractivity contribution in [3.05, 3.63) is 102 Å². The maximum absolute atomic E-state index is 12.6. The molecule has 3 aromatic rings. The molecule has 0 aliphatic heterocycles. The molecule has 26 heavy (non-hydrogen) atoms. The summed E-state index contributed by atoms with van der Waals surface area (Å²) in [6.07, 6.45) is 0.227. The Kier molecular flexibility index (Phi) is 4.55. The number of esters is 1. The summed E-state index contributed by atoms with van der Waals surface area (Å²) in [5.74, 6) is -0.402. The van der Waals surface area contributed by atoms with E-state index in [0.717, 1.165) is 0 Å². The second kappa shape index (κ2) is 7.14.